The maximum atomic E-state index is 13.6. The van der Waals surface area contributed by atoms with Gasteiger partial charge in [0.05, 0.1) is 11.1 Å². The van der Waals surface area contributed by atoms with Crippen molar-refractivity contribution in [3.63, 3.8) is 0 Å². The highest BCUT2D eigenvalue weighted by Gasteiger charge is 2.27. The molecule has 0 amide bonds. The van der Waals surface area contributed by atoms with Gasteiger partial charge in [0.1, 0.15) is 5.82 Å². The van der Waals surface area contributed by atoms with E-state index in [1.165, 1.54) is 28.5 Å². The highest BCUT2D eigenvalue weighted by Crippen LogP contribution is 2.34. The van der Waals surface area contributed by atoms with Crippen molar-refractivity contribution < 1.29 is 4.39 Å². The first-order valence-electron chi connectivity index (χ1n) is 9.43. The number of hydrogen-bond acceptors (Lipinski definition) is 1. The molecule has 1 aliphatic heterocycles. The fraction of sp³-hybridized carbons (Fsp3) is 0.304. The molecule has 0 N–H and O–H groups in total. The smallest absolute Gasteiger partial charge is 0.141 e. The standard InChI is InChI=1S/C23H24ClFN2/c1-16-6-8-19(13-17(16)2)23-22-5-3-10-26(22)11-4-12-27(23)15-18-7-9-21(25)20(24)14-18/h3,5-10,13-14,23H,4,11-12,15H2,1-2H3/t23-/m0/s1. The van der Waals surface area contributed by atoms with Crippen LogP contribution in [0.25, 0.3) is 0 Å². The van der Waals surface area contributed by atoms with Crippen molar-refractivity contribution in [2.24, 2.45) is 0 Å². The van der Waals surface area contributed by atoms with Gasteiger partial charge in [-0.1, -0.05) is 35.9 Å². The van der Waals surface area contributed by atoms with Crippen molar-refractivity contribution >= 4 is 11.6 Å². The van der Waals surface area contributed by atoms with Crippen LogP contribution in [0.5, 0.6) is 0 Å². The summed E-state index contributed by atoms with van der Waals surface area (Å²) >= 11 is 6.02. The lowest BCUT2D eigenvalue weighted by molar-refractivity contribution is 0.220. The van der Waals surface area contributed by atoms with E-state index < -0.39 is 0 Å². The molecule has 0 aliphatic carbocycles. The topological polar surface area (TPSA) is 8.17 Å². The van der Waals surface area contributed by atoms with Crippen LogP contribution in [0, 0.1) is 19.7 Å². The monoisotopic (exact) mass is 382 g/mol. The first-order chi connectivity index (χ1) is 13.0. The van der Waals surface area contributed by atoms with Crippen LogP contribution in [-0.4, -0.2) is 16.0 Å². The van der Waals surface area contributed by atoms with Crippen molar-refractivity contribution in [1.29, 1.82) is 0 Å². The molecule has 1 aliphatic rings. The second kappa shape index (κ2) is 7.49. The van der Waals surface area contributed by atoms with Gasteiger partial charge in [-0.3, -0.25) is 4.90 Å². The number of nitrogens with zero attached hydrogens (tertiary/aromatic N) is 2. The molecule has 0 bridgehead atoms. The van der Waals surface area contributed by atoms with Gasteiger partial charge in [0.15, 0.2) is 0 Å². The average Bonchev–Trinajstić information content (AvgIpc) is 3.02. The Morgan fingerprint density at radius 1 is 1.04 bits per heavy atom. The Kier molecular flexibility index (Phi) is 5.07. The first-order valence-corrected chi connectivity index (χ1v) is 9.81. The molecule has 2 nitrogen and oxygen atoms in total. The summed E-state index contributed by atoms with van der Waals surface area (Å²) in [5.74, 6) is -0.365. The lowest BCUT2D eigenvalue weighted by Crippen LogP contribution is -2.29. The van der Waals surface area contributed by atoms with Gasteiger partial charge in [0.2, 0.25) is 0 Å². The van der Waals surface area contributed by atoms with Gasteiger partial charge in [-0.05, 0) is 66.8 Å². The van der Waals surface area contributed by atoms with Crippen LogP contribution in [0.4, 0.5) is 4.39 Å². The van der Waals surface area contributed by atoms with Gasteiger partial charge in [0.25, 0.3) is 0 Å². The summed E-state index contributed by atoms with van der Waals surface area (Å²) in [7, 11) is 0. The molecule has 3 aromatic rings. The molecule has 1 aromatic heterocycles. The highest BCUT2D eigenvalue weighted by molar-refractivity contribution is 6.30. The summed E-state index contributed by atoms with van der Waals surface area (Å²) in [6, 6.07) is 16.3. The third-order valence-corrected chi connectivity index (χ3v) is 5.86. The molecule has 0 fully saturated rings. The summed E-state index contributed by atoms with van der Waals surface area (Å²) in [6.07, 6.45) is 3.25. The molecule has 2 aromatic carbocycles. The molecule has 0 spiro atoms. The number of benzene rings is 2. The average molecular weight is 383 g/mol. The molecule has 1 atom stereocenters. The summed E-state index contributed by atoms with van der Waals surface area (Å²) in [4.78, 5) is 2.48. The second-order valence-electron chi connectivity index (χ2n) is 7.45. The van der Waals surface area contributed by atoms with E-state index in [4.69, 9.17) is 11.6 Å². The fourth-order valence-corrected chi connectivity index (χ4v) is 4.20. The van der Waals surface area contributed by atoms with Crippen molar-refractivity contribution in [2.45, 2.75) is 39.4 Å². The van der Waals surface area contributed by atoms with E-state index in [9.17, 15) is 4.39 Å². The number of aryl methyl sites for hydroxylation is 3. The van der Waals surface area contributed by atoms with Gasteiger partial charge in [0, 0.05) is 31.5 Å². The molecule has 27 heavy (non-hydrogen) atoms. The van der Waals surface area contributed by atoms with Crippen LogP contribution in [0.15, 0.2) is 54.7 Å². The predicted molar refractivity (Wildman–Crippen MR) is 109 cm³/mol. The number of aromatic nitrogens is 1. The zero-order valence-corrected chi connectivity index (χ0v) is 16.5. The first kappa shape index (κ1) is 18.3. The molecule has 0 saturated carbocycles. The van der Waals surface area contributed by atoms with Gasteiger partial charge in [-0.15, -0.1) is 0 Å². The Labute approximate surface area is 165 Å². The third kappa shape index (κ3) is 3.67. The minimum Gasteiger partial charge on any atom is -0.350 e. The van der Waals surface area contributed by atoms with E-state index in [0.717, 1.165) is 31.6 Å². The summed E-state index contributed by atoms with van der Waals surface area (Å²) in [5, 5.41) is 0.188. The van der Waals surface area contributed by atoms with Gasteiger partial charge in [-0.2, -0.15) is 0 Å². The Balaban J connectivity index is 1.75. The maximum Gasteiger partial charge on any atom is 0.141 e. The number of rotatable bonds is 3. The van der Waals surface area contributed by atoms with E-state index in [0.29, 0.717) is 0 Å². The number of fused-ring (bicyclic) bond motifs is 1. The lowest BCUT2D eigenvalue weighted by atomic mass is 9.97. The van der Waals surface area contributed by atoms with E-state index >= 15 is 0 Å². The molecule has 4 rings (SSSR count). The Bertz CT molecular complexity index is 963. The molecule has 140 valence electrons. The fourth-order valence-electron chi connectivity index (χ4n) is 4.00. The lowest BCUT2D eigenvalue weighted by Gasteiger charge is -2.31. The molecule has 0 unspecified atom stereocenters. The molecular formula is C23H24ClFN2. The number of hydrogen-bond donors (Lipinski definition) is 0. The van der Waals surface area contributed by atoms with Gasteiger partial charge < -0.3 is 4.57 Å². The van der Waals surface area contributed by atoms with Crippen LogP contribution in [-0.2, 0) is 13.1 Å². The largest absolute Gasteiger partial charge is 0.350 e. The van der Waals surface area contributed by atoms with Crippen molar-refractivity contribution in [3.05, 3.63) is 93.5 Å². The van der Waals surface area contributed by atoms with E-state index in [-0.39, 0.29) is 16.9 Å². The van der Waals surface area contributed by atoms with Crippen LogP contribution < -0.4 is 0 Å². The summed E-state index contributed by atoms with van der Waals surface area (Å²) < 4.78 is 15.9. The van der Waals surface area contributed by atoms with Gasteiger partial charge >= 0.3 is 0 Å². The minimum absolute atomic E-state index is 0.172. The Morgan fingerprint density at radius 2 is 1.89 bits per heavy atom. The number of halogens is 2. The third-order valence-electron chi connectivity index (χ3n) is 5.57. The molecular weight excluding hydrogens is 359 g/mol. The van der Waals surface area contributed by atoms with E-state index in [2.05, 4.69) is 59.8 Å². The molecule has 0 radical (unpaired) electrons. The van der Waals surface area contributed by atoms with Gasteiger partial charge in [-0.25, -0.2) is 4.39 Å². The summed E-state index contributed by atoms with van der Waals surface area (Å²) in [6.45, 7) is 7.05. The van der Waals surface area contributed by atoms with Crippen LogP contribution in [0.1, 0.15) is 40.4 Å². The molecule has 2 heterocycles. The molecule has 4 heteroatoms. The van der Waals surface area contributed by atoms with Crippen molar-refractivity contribution in [3.8, 4) is 0 Å². The SMILES string of the molecule is Cc1ccc([C@H]2c3cccn3CCCN2Cc2ccc(F)c(Cl)c2)cc1C. The maximum absolute atomic E-state index is 13.6. The quantitative estimate of drug-likeness (QED) is 0.548. The highest BCUT2D eigenvalue weighted by atomic mass is 35.5. The van der Waals surface area contributed by atoms with Crippen LogP contribution in [0.2, 0.25) is 5.02 Å². The van der Waals surface area contributed by atoms with Crippen molar-refractivity contribution in [2.75, 3.05) is 6.54 Å². The minimum atomic E-state index is -0.365. The van der Waals surface area contributed by atoms with Crippen molar-refractivity contribution in [1.82, 2.24) is 9.47 Å². The van der Waals surface area contributed by atoms with E-state index in [1.54, 1.807) is 6.07 Å². The predicted octanol–water partition coefficient (Wildman–Crippen LogP) is 5.89. The zero-order valence-electron chi connectivity index (χ0n) is 15.8. The van der Waals surface area contributed by atoms with E-state index in [1.807, 2.05) is 6.07 Å². The van der Waals surface area contributed by atoms with Crippen LogP contribution >= 0.6 is 11.6 Å². The Hall–Kier alpha value is -2.10. The normalized spacial score (nSPS) is 17.6. The Morgan fingerprint density at radius 3 is 2.67 bits per heavy atom. The van der Waals surface area contributed by atoms with Crippen LogP contribution in [0.3, 0.4) is 0 Å². The second-order valence-corrected chi connectivity index (χ2v) is 7.85. The zero-order chi connectivity index (χ0) is 19.0. The molecule has 0 saturated heterocycles. The summed E-state index contributed by atoms with van der Waals surface area (Å²) in [5.41, 5.74) is 6.26.